The second kappa shape index (κ2) is 12.9. The number of amides is 2. The first kappa shape index (κ1) is 28.9. The summed E-state index contributed by atoms with van der Waals surface area (Å²) in [6.45, 7) is -0.851. The van der Waals surface area contributed by atoms with E-state index in [1.165, 1.54) is 0 Å². The molecule has 35 heavy (non-hydrogen) atoms. The summed E-state index contributed by atoms with van der Waals surface area (Å²) >= 11 is 0.465. The van der Waals surface area contributed by atoms with Gasteiger partial charge in [-0.1, -0.05) is 0 Å². The maximum absolute atomic E-state index is 12.4. The lowest BCUT2D eigenvalue weighted by Crippen LogP contribution is -2.50. The number of carboxylic acids is 2. The van der Waals surface area contributed by atoms with Gasteiger partial charge in [0.25, 0.3) is 17.4 Å². The van der Waals surface area contributed by atoms with Crippen molar-refractivity contribution < 1.29 is 44.2 Å². The average molecular weight is 520 g/mol. The lowest BCUT2D eigenvalue weighted by atomic mass is 10.0. The third-order valence-corrected chi connectivity index (χ3v) is 5.82. The topological polar surface area (TPSA) is 288 Å². The van der Waals surface area contributed by atoms with Crippen LogP contribution in [0.15, 0.2) is 23.5 Å². The summed E-state index contributed by atoms with van der Waals surface area (Å²) in [7, 11) is 0. The van der Waals surface area contributed by atoms with Crippen LogP contribution in [0.5, 0.6) is 0 Å². The Morgan fingerprint density at radius 3 is 2.23 bits per heavy atom. The smallest absolute Gasteiger partial charge is 0.322 e. The number of hydrogen-bond acceptors (Lipinski definition) is 12. The summed E-state index contributed by atoms with van der Waals surface area (Å²) in [4.78, 5) is 76.8. The normalized spacial score (nSPS) is 18.8. The van der Waals surface area contributed by atoms with Gasteiger partial charge >= 0.3 is 11.9 Å². The van der Waals surface area contributed by atoms with E-state index in [4.69, 9.17) is 15.9 Å². The maximum Gasteiger partial charge on any atom is 0.322 e. The summed E-state index contributed by atoms with van der Waals surface area (Å²) in [5.41, 5.74) is 3.55. The Balaban J connectivity index is 3.10. The first-order valence-electron chi connectivity index (χ1n) is 9.49. The first-order chi connectivity index (χ1) is 16.2. The second-order valence-electron chi connectivity index (χ2n) is 6.92. The van der Waals surface area contributed by atoms with E-state index in [9.17, 15) is 49.5 Å². The molecule has 2 amide bonds. The second-order valence-corrected chi connectivity index (χ2v) is 8.09. The van der Waals surface area contributed by atoms with Crippen LogP contribution in [0.4, 0.5) is 0 Å². The van der Waals surface area contributed by atoms with Crippen LogP contribution in [-0.4, -0.2) is 84.4 Å². The largest absolute Gasteiger partial charge is 0.480 e. The van der Waals surface area contributed by atoms with Gasteiger partial charge in [-0.2, -0.15) is 0 Å². The van der Waals surface area contributed by atoms with Crippen molar-refractivity contribution >= 4 is 35.5 Å². The molecule has 1 unspecified atom stereocenters. The average Bonchev–Trinajstić information content (AvgIpc) is 2.77. The van der Waals surface area contributed by atoms with Crippen LogP contribution in [0.3, 0.4) is 0 Å². The minimum Gasteiger partial charge on any atom is -0.480 e. The van der Waals surface area contributed by atoms with Crippen LogP contribution in [0, 0.1) is 30.3 Å². The predicted molar refractivity (Wildman–Crippen MR) is 115 cm³/mol. The number of carboxylic acid groups (broad SMARTS) is 2. The van der Waals surface area contributed by atoms with Gasteiger partial charge < -0.3 is 26.6 Å². The highest BCUT2D eigenvalue weighted by molar-refractivity contribution is 8.00. The van der Waals surface area contributed by atoms with Crippen molar-refractivity contribution in [2.75, 3.05) is 12.3 Å². The highest BCUT2D eigenvalue weighted by atomic mass is 32.2. The van der Waals surface area contributed by atoms with E-state index >= 15 is 0 Å². The molecule has 1 aliphatic carbocycles. The Hall–Kier alpha value is -4.13. The van der Waals surface area contributed by atoms with Gasteiger partial charge in [0.05, 0.1) is 22.0 Å². The number of allylic oxidation sites excluding steroid dienone is 1. The molecule has 192 valence electrons. The molecule has 0 radical (unpaired) electrons. The molecule has 4 atom stereocenters. The Morgan fingerprint density at radius 1 is 1.11 bits per heavy atom. The van der Waals surface area contributed by atoms with Crippen LogP contribution < -0.4 is 16.4 Å². The number of carbonyl (C=O) groups excluding carboxylic acids is 2. The molecule has 0 saturated heterocycles. The number of rotatable bonds is 14. The van der Waals surface area contributed by atoms with Crippen molar-refractivity contribution in [2.45, 2.75) is 36.2 Å². The molecular formula is C16H20N6O12S. The number of nitrogens with two attached hydrogens (primary N) is 1. The zero-order valence-corrected chi connectivity index (χ0v) is 18.4. The van der Waals surface area contributed by atoms with Gasteiger partial charge in [0, 0.05) is 17.1 Å². The highest BCUT2D eigenvalue weighted by Crippen LogP contribution is 2.31. The summed E-state index contributed by atoms with van der Waals surface area (Å²) < 4.78 is 0. The standard InChI is InChI=1S/C16H20N6O12S/c17-8(16(27)28)1-2-12(23)19-9(15(26)18-5-13(24)25)6-35-14-10(21(31)32)3-7(20(29)30)4-11(14)22(33)34/h3-4,8-10,14H,1-2,5-6,17H2,(H,18,26)(H,19,23)(H,24,25)(H,27,28)/t8-,9-,10?,14+/m0/s1. The molecule has 0 spiro atoms. The summed E-state index contributed by atoms with van der Waals surface area (Å²) in [6, 6.07) is -4.85. The predicted octanol–water partition coefficient (Wildman–Crippen LogP) is -2.05. The zero-order chi connectivity index (χ0) is 26.9. The minimum atomic E-state index is -1.92. The number of nitro groups is 3. The highest BCUT2D eigenvalue weighted by Gasteiger charge is 2.46. The van der Waals surface area contributed by atoms with Crippen molar-refractivity contribution in [1.29, 1.82) is 0 Å². The number of aliphatic carboxylic acids is 2. The van der Waals surface area contributed by atoms with Gasteiger partial charge in [0.1, 0.15) is 18.6 Å². The van der Waals surface area contributed by atoms with E-state index in [1.54, 1.807) is 0 Å². The van der Waals surface area contributed by atoms with Gasteiger partial charge in [-0.15, -0.1) is 11.8 Å². The lowest BCUT2D eigenvalue weighted by Gasteiger charge is -2.22. The van der Waals surface area contributed by atoms with E-state index < -0.39 is 92.0 Å². The number of nitrogens with one attached hydrogen (secondary N) is 2. The third kappa shape index (κ3) is 8.97. The van der Waals surface area contributed by atoms with Gasteiger partial charge in [-0.3, -0.25) is 49.5 Å². The summed E-state index contributed by atoms with van der Waals surface area (Å²) in [6.07, 6.45) is 0.391. The molecule has 0 heterocycles. The maximum atomic E-state index is 12.4. The van der Waals surface area contributed by atoms with Crippen molar-refractivity contribution in [3.63, 3.8) is 0 Å². The fourth-order valence-electron chi connectivity index (χ4n) is 2.69. The molecule has 0 aromatic rings. The SMILES string of the molecule is N[C@@H](CCC(=O)N[C@@H](CS[C@H]1C([N+](=O)[O-])=CC([N+](=O)[O-])=CC1[N+](=O)[O-])C(=O)NCC(=O)O)C(=O)O. The van der Waals surface area contributed by atoms with Crippen LogP contribution in [0.1, 0.15) is 12.8 Å². The Bertz CT molecular complexity index is 982. The van der Waals surface area contributed by atoms with Gasteiger partial charge in [0.15, 0.2) is 5.25 Å². The monoisotopic (exact) mass is 520 g/mol. The van der Waals surface area contributed by atoms with Crippen molar-refractivity contribution in [3.05, 3.63) is 53.9 Å². The van der Waals surface area contributed by atoms with E-state index in [1.807, 2.05) is 5.32 Å². The number of nitrogens with zero attached hydrogens (tertiary/aromatic N) is 3. The fourth-order valence-corrected chi connectivity index (χ4v) is 4.02. The van der Waals surface area contributed by atoms with Crippen molar-refractivity contribution in [1.82, 2.24) is 10.6 Å². The van der Waals surface area contributed by atoms with Gasteiger partial charge in [0.2, 0.25) is 11.8 Å². The van der Waals surface area contributed by atoms with Crippen molar-refractivity contribution in [3.8, 4) is 0 Å². The third-order valence-electron chi connectivity index (χ3n) is 4.41. The molecule has 0 saturated carbocycles. The number of carbonyl (C=O) groups is 4. The molecule has 6 N–H and O–H groups in total. The van der Waals surface area contributed by atoms with Crippen LogP contribution in [0.2, 0.25) is 0 Å². The van der Waals surface area contributed by atoms with Crippen LogP contribution in [0.25, 0.3) is 0 Å². The van der Waals surface area contributed by atoms with Gasteiger partial charge in [-0.05, 0) is 6.42 Å². The van der Waals surface area contributed by atoms with Crippen molar-refractivity contribution in [2.24, 2.45) is 5.73 Å². The lowest BCUT2D eigenvalue weighted by molar-refractivity contribution is -0.519. The molecule has 19 heteroatoms. The van der Waals surface area contributed by atoms with E-state index in [2.05, 4.69) is 5.32 Å². The van der Waals surface area contributed by atoms with E-state index in [0.717, 1.165) is 0 Å². The fraction of sp³-hybridized carbons (Fsp3) is 0.500. The summed E-state index contributed by atoms with van der Waals surface area (Å²) in [5, 5.41) is 53.9. The van der Waals surface area contributed by atoms with Crippen LogP contribution >= 0.6 is 11.8 Å². The molecule has 0 aromatic carbocycles. The number of hydrogen-bond donors (Lipinski definition) is 5. The molecule has 0 aliphatic heterocycles. The van der Waals surface area contributed by atoms with E-state index in [0.29, 0.717) is 23.9 Å². The Morgan fingerprint density at radius 2 is 1.74 bits per heavy atom. The molecule has 18 nitrogen and oxygen atoms in total. The number of thioether (sulfide) groups is 1. The summed E-state index contributed by atoms with van der Waals surface area (Å²) in [5.74, 6) is -5.26. The first-order valence-corrected chi connectivity index (χ1v) is 10.5. The molecule has 0 bridgehead atoms. The quantitative estimate of drug-likeness (QED) is 0.122. The Kier molecular flexibility index (Phi) is 10.7. The molecule has 0 fully saturated rings. The molecule has 1 rings (SSSR count). The Labute approximate surface area is 199 Å². The van der Waals surface area contributed by atoms with Gasteiger partial charge in [-0.25, -0.2) is 0 Å². The molecule has 1 aliphatic rings. The molecule has 0 aromatic heterocycles. The van der Waals surface area contributed by atoms with E-state index in [-0.39, 0.29) is 6.42 Å². The molecular weight excluding hydrogens is 500 g/mol. The van der Waals surface area contributed by atoms with Crippen LogP contribution in [-0.2, 0) is 19.2 Å². The zero-order valence-electron chi connectivity index (χ0n) is 17.6. The minimum absolute atomic E-state index is 0.313.